The van der Waals surface area contributed by atoms with E-state index in [0.29, 0.717) is 0 Å². The van der Waals surface area contributed by atoms with Crippen LogP contribution >= 0.6 is 34.3 Å². The van der Waals surface area contributed by atoms with E-state index >= 15 is 0 Å². The number of hydrogen-bond donors (Lipinski definition) is 0. The van der Waals surface area contributed by atoms with Crippen LogP contribution in [0.3, 0.4) is 0 Å². The molecule has 5 heteroatoms. The van der Waals surface area contributed by atoms with Gasteiger partial charge in [-0.15, -0.1) is 22.7 Å². The molecule has 0 radical (unpaired) electrons. The summed E-state index contributed by atoms with van der Waals surface area (Å²) in [5, 5.41) is 7.31. The van der Waals surface area contributed by atoms with Crippen molar-refractivity contribution >= 4 is 54.4 Å². The largest absolute Gasteiger partial charge is 0.363 e. The Morgan fingerprint density at radius 2 is 1.71 bits per heavy atom. The maximum absolute atomic E-state index is 6.63. The van der Waals surface area contributed by atoms with Gasteiger partial charge in [0, 0.05) is 14.8 Å². The maximum atomic E-state index is 6.63. The molecule has 0 aliphatic heterocycles. The summed E-state index contributed by atoms with van der Waals surface area (Å²) in [7, 11) is 0. The zero-order valence-electron chi connectivity index (χ0n) is 12.3. The highest BCUT2D eigenvalue weighted by molar-refractivity contribution is 7.23. The molecule has 2 aromatic carbocycles. The fraction of sp³-hybridized carbons (Fsp3) is 0. The van der Waals surface area contributed by atoms with Crippen LogP contribution in [0.5, 0.6) is 0 Å². The number of halogens is 1. The molecule has 5 aromatic rings. The van der Waals surface area contributed by atoms with Crippen molar-refractivity contribution in [1.82, 2.24) is 5.16 Å². The van der Waals surface area contributed by atoms with Crippen LogP contribution in [0.4, 0.5) is 0 Å². The molecule has 0 bridgehead atoms. The van der Waals surface area contributed by atoms with E-state index < -0.39 is 0 Å². The first-order chi connectivity index (χ1) is 11.8. The topological polar surface area (TPSA) is 26.0 Å². The summed E-state index contributed by atoms with van der Waals surface area (Å²) in [5.74, 6) is 0. The Balaban J connectivity index is 1.73. The molecular weight excluding hydrogens is 358 g/mol. The molecule has 116 valence electrons. The van der Waals surface area contributed by atoms with Crippen LogP contribution in [0.15, 0.2) is 65.4 Å². The van der Waals surface area contributed by atoms with Crippen LogP contribution < -0.4 is 0 Å². The number of thiophene rings is 2. The Hall–Kier alpha value is -2.14. The van der Waals surface area contributed by atoms with Gasteiger partial charge in [0.05, 0.1) is 20.3 Å². The van der Waals surface area contributed by atoms with Gasteiger partial charge in [-0.25, -0.2) is 0 Å². The Labute approximate surface area is 150 Å². The molecule has 3 aromatic heterocycles. The molecule has 0 aliphatic carbocycles. The SMILES string of the molecule is Clc1c(-c2conc2-c2cc3ccccc3s2)sc2ccccc12. The van der Waals surface area contributed by atoms with E-state index in [2.05, 4.69) is 35.5 Å². The summed E-state index contributed by atoms with van der Waals surface area (Å²) in [6, 6.07) is 18.7. The van der Waals surface area contributed by atoms with Gasteiger partial charge in [-0.1, -0.05) is 53.2 Å². The third-order valence-corrected chi connectivity index (χ3v) is 6.84. The third-order valence-electron chi connectivity index (χ3n) is 4.01. The number of hydrogen-bond acceptors (Lipinski definition) is 4. The predicted octanol–water partition coefficient (Wildman–Crippen LogP) is 7.09. The third kappa shape index (κ3) is 2.11. The minimum absolute atomic E-state index is 0.765. The van der Waals surface area contributed by atoms with Gasteiger partial charge in [0.2, 0.25) is 0 Å². The summed E-state index contributed by atoms with van der Waals surface area (Å²) in [5.41, 5.74) is 1.80. The van der Waals surface area contributed by atoms with E-state index in [1.54, 1.807) is 28.9 Å². The van der Waals surface area contributed by atoms with Crippen molar-refractivity contribution in [3.8, 4) is 21.0 Å². The van der Waals surface area contributed by atoms with E-state index in [1.165, 1.54) is 14.8 Å². The smallest absolute Gasteiger partial charge is 0.133 e. The quantitative estimate of drug-likeness (QED) is 0.333. The fourth-order valence-corrected chi connectivity index (χ4v) is 5.46. The molecule has 0 atom stereocenters. The van der Waals surface area contributed by atoms with Crippen LogP contribution in [-0.2, 0) is 0 Å². The van der Waals surface area contributed by atoms with Gasteiger partial charge in [-0.05, 0) is 23.6 Å². The van der Waals surface area contributed by atoms with Gasteiger partial charge in [-0.3, -0.25) is 0 Å². The lowest BCUT2D eigenvalue weighted by Crippen LogP contribution is -1.76. The van der Waals surface area contributed by atoms with Crippen molar-refractivity contribution < 1.29 is 4.52 Å². The van der Waals surface area contributed by atoms with Crippen LogP contribution in [0, 0.1) is 0 Å². The predicted molar refractivity (Wildman–Crippen MR) is 103 cm³/mol. The van der Waals surface area contributed by atoms with Crippen molar-refractivity contribution in [3.63, 3.8) is 0 Å². The average Bonchev–Trinajstić information content (AvgIpc) is 3.31. The standard InChI is InChI=1S/C19H10ClNOS2/c20-17-12-6-2-4-8-15(12)24-19(17)13-10-22-21-18(13)16-9-11-5-1-3-7-14(11)23-16/h1-10H. The van der Waals surface area contributed by atoms with E-state index in [1.807, 2.05) is 24.3 Å². The Morgan fingerprint density at radius 3 is 2.54 bits per heavy atom. The second-order valence-electron chi connectivity index (χ2n) is 5.47. The zero-order chi connectivity index (χ0) is 16.1. The summed E-state index contributed by atoms with van der Waals surface area (Å²) < 4.78 is 7.71. The van der Waals surface area contributed by atoms with Crippen LogP contribution in [-0.4, -0.2) is 5.16 Å². The molecule has 0 saturated carbocycles. The van der Waals surface area contributed by atoms with E-state index in [0.717, 1.165) is 31.4 Å². The van der Waals surface area contributed by atoms with Crippen molar-refractivity contribution in [3.05, 3.63) is 65.9 Å². The van der Waals surface area contributed by atoms with Gasteiger partial charge < -0.3 is 4.52 Å². The first kappa shape index (κ1) is 14.2. The fourth-order valence-electron chi connectivity index (χ4n) is 2.86. The monoisotopic (exact) mass is 367 g/mol. The average molecular weight is 368 g/mol. The lowest BCUT2D eigenvalue weighted by Gasteiger charge is -1.96. The van der Waals surface area contributed by atoms with E-state index in [9.17, 15) is 0 Å². The first-order valence-corrected chi connectivity index (χ1v) is 9.43. The number of aromatic nitrogens is 1. The number of rotatable bonds is 2. The van der Waals surface area contributed by atoms with Gasteiger partial charge in [0.25, 0.3) is 0 Å². The highest BCUT2D eigenvalue weighted by Crippen LogP contribution is 2.46. The summed E-state index contributed by atoms with van der Waals surface area (Å²) >= 11 is 10.0. The lowest BCUT2D eigenvalue weighted by molar-refractivity contribution is 0.423. The van der Waals surface area contributed by atoms with E-state index in [-0.39, 0.29) is 0 Å². The Bertz CT molecular complexity index is 1150. The molecule has 0 saturated heterocycles. The minimum Gasteiger partial charge on any atom is -0.363 e. The van der Waals surface area contributed by atoms with Crippen molar-refractivity contribution in [2.45, 2.75) is 0 Å². The van der Waals surface area contributed by atoms with Crippen molar-refractivity contribution in [2.24, 2.45) is 0 Å². The molecule has 0 aliphatic rings. The Morgan fingerprint density at radius 1 is 0.917 bits per heavy atom. The molecule has 5 rings (SSSR count). The molecule has 24 heavy (non-hydrogen) atoms. The molecule has 0 unspecified atom stereocenters. The number of nitrogens with zero attached hydrogens (tertiary/aromatic N) is 1. The summed E-state index contributed by atoms with van der Waals surface area (Å²) in [6.07, 6.45) is 1.69. The molecule has 0 spiro atoms. The van der Waals surface area contributed by atoms with Crippen LogP contribution in [0.1, 0.15) is 0 Å². The van der Waals surface area contributed by atoms with Gasteiger partial charge in [0.15, 0.2) is 0 Å². The highest BCUT2D eigenvalue weighted by Gasteiger charge is 2.20. The van der Waals surface area contributed by atoms with Crippen LogP contribution in [0.25, 0.3) is 41.2 Å². The normalized spacial score (nSPS) is 11.5. The molecule has 3 heterocycles. The lowest BCUT2D eigenvalue weighted by atomic mass is 10.1. The van der Waals surface area contributed by atoms with Gasteiger partial charge in [0.1, 0.15) is 12.0 Å². The van der Waals surface area contributed by atoms with Gasteiger partial charge in [-0.2, -0.15) is 0 Å². The second kappa shape index (κ2) is 5.45. The summed E-state index contributed by atoms with van der Waals surface area (Å²) in [6.45, 7) is 0. The molecule has 2 nitrogen and oxygen atoms in total. The van der Waals surface area contributed by atoms with Crippen LogP contribution in [0.2, 0.25) is 5.02 Å². The highest BCUT2D eigenvalue weighted by atomic mass is 35.5. The molecule has 0 N–H and O–H groups in total. The zero-order valence-corrected chi connectivity index (χ0v) is 14.7. The minimum atomic E-state index is 0.765. The number of fused-ring (bicyclic) bond motifs is 2. The van der Waals surface area contributed by atoms with Crippen molar-refractivity contribution in [1.29, 1.82) is 0 Å². The Kier molecular flexibility index (Phi) is 3.23. The second-order valence-corrected chi connectivity index (χ2v) is 7.98. The van der Waals surface area contributed by atoms with Crippen molar-refractivity contribution in [2.75, 3.05) is 0 Å². The van der Waals surface area contributed by atoms with E-state index in [4.69, 9.17) is 16.1 Å². The summed E-state index contributed by atoms with van der Waals surface area (Å²) in [4.78, 5) is 2.10. The van der Waals surface area contributed by atoms with Gasteiger partial charge >= 0.3 is 0 Å². The number of benzene rings is 2. The molecule has 0 fully saturated rings. The molecular formula is C19H10ClNOS2. The first-order valence-electron chi connectivity index (χ1n) is 7.42. The molecule has 0 amide bonds. The maximum Gasteiger partial charge on any atom is 0.133 e.